The fraction of sp³-hybridized carbons (Fsp3) is 0.727. The molecule has 1 heterocycles. The van der Waals surface area contributed by atoms with E-state index in [-0.39, 0.29) is 4.90 Å². The van der Waals surface area contributed by atoms with E-state index in [0.29, 0.717) is 24.4 Å². The van der Waals surface area contributed by atoms with Crippen LogP contribution in [0.1, 0.15) is 38.6 Å². The first kappa shape index (κ1) is 15.1. The Kier molecular flexibility index (Phi) is 4.52. The van der Waals surface area contributed by atoms with E-state index in [2.05, 4.69) is 20.2 Å². The molecule has 1 aromatic rings. The van der Waals surface area contributed by atoms with E-state index >= 15 is 0 Å². The zero-order valence-corrected chi connectivity index (χ0v) is 12.4. The highest BCUT2D eigenvalue weighted by Crippen LogP contribution is 2.20. The number of sulfonamides is 1. The molecule has 0 aliphatic carbocycles. The van der Waals surface area contributed by atoms with E-state index in [0.717, 1.165) is 0 Å². The topological polar surface area (TPSA) is 86.9 Å². The molecule has 0 unspecified atom stereocenters. The summed E-state index contributed by atoms with van der Waals surface area (Å²) in [4.78, 5) is 0.248. The summed E-state index contributed by atoms with van der Waals surface area (Å²) in [7, 11) is -1.80. The minimum absolute atomic E-state index is 0.248. The molecule has 0 fully saturated rings. The lowest BCUT2D eigenvalue weighted by molar-refractivity contribution is 0.439. The summed E-state index contributed by atoms with van der Waals surface area (Å²) in [6.45, 7) is 7.78. The largest absolute Gasteiger partial charge is 0.314 e. The summed E-state index contributed by atoms with van der Waals surface area (Å²) >= 11 is 0. The van der Waals surface area contributed by atoms with E-state index in [9.17, 15) is 8.42 Å². The van der Waals surface area contributed by atoms with E-state index in [1.54, 1.807) is 14.0 Å². The van der Waals surface area contributed by atoms with Crippen molar-refractivity contribution >= 4 is 10.0 Å². The third kappa shape index (κ3) is 3.30. The van der Waals surface area contributed by atoms with Gasteiger partial charge >= 0.3 is 0 Å². The summed E-state index contributed by atoms with van der Waals surface area (Å²) in [5.41, 5.74) is 0.591. The summed E-state index contributed by atoms with van der Waals surface area (Å²) in [5.74, 6) is 0. The Balaban J connectivity index is 3.16. The lowest BCUT2D eigenvalue weighted by Crippen LogP contribution is -2.43. The highest BCUT2D eigenvalue weighted by atomic mass is 32.2. The van der Waals surface area contributed by atoms with Crippen LogP contribution in [-0.2, 0) is 16.6 Å². The van der Waals surface area contributed by atoms with Gasteiger partial charge in [0.15, 0.2) is 0 Å². The number of rotatable bonds is 6. The lowest BCUT2D eigenvalue weighted by Gasteiger charge is -2.24. The van der Waals surface area contributed by atoms with Gasteiger partial charge in [-0.1, -0.05) is 6.92 Å². The number of aryl methyl sites for hydroxylation is 1. The average molecular weight is 274 g/mol. The Morgan fingerprint density at radius 3 is 2.50 bits per heavy atom. The number of hydrogen-bond donors (Lipinski definition) is 3. The zero-order chi connectivity index (χ0) is 14.0. The van der Waals surface area contributed by atoms with Gasteiger partial charge in [-0.05, 0) is 34.2 Å². The molecule has 0 radical (unpaired) electrons. The number of aromatic amines is 1. The van der Waals surface area contributed by atoms with Gasteiger partial charge in [0.05, 0.1) is 11.4 Å². The summed E-state index contributed by atoms with van der Waals surface area (Å²) < 4.78 is 27.5. The smallest absolute Gasteiger partial charge is 0.244 e. The van der Waals surface area contributed by atoms with Gasteiger partial charge in [0.2, 0.25) is 10.0 Å². The minimum Gasteiger partial charge on any atom is -0.314 e. The van der Waals surface area contributed by atoms with Crippen molar-refractivity contribution < 1.29 is 8.42 Å². The molecule has 0 amide bonds. The predicted molar refractivity (Wildman–Crippen MR) is 70.8 cm³/mol. The van der Waals surface area contributed by atoms with Crippen molar-refractivity contribution in [3.8, 4) is 0 Å². The van der Waals surface area contributed by atoms with Crippen molar-refractivity contribution in [2.24, 2.45) is 0 Å². The molecule has 0 spiro atoms. The maximum absolute atomic E-state index is 12.4. The Hall–Kier alpha value is -0.920. The van der Waals surface area contributed by atoms with Gasteiger partial charge in [0, 0.05) is 12.1 Å². The highest BCUT2D eigenvalue weighted by molar-refractivity contribution is 7.89. The van der Waals surface area contributed by atoms with Crippen molar-refractivity contribution in [2.45, 2.75) is 51.1 Å². The molecule has 0 bridgehead atoms. The quantitative estimate of drug-likeness (QED) is 0.719. The molecule has 7 heteroatoms. The second-order valence-corrected chi connectivity index (χ2v) is 6.62. The molecule has 1 aromatic heterocycles. The van der Waals surface area contributed by atoms with Gasteiger partial charge in [-0.15, -0.1) is 0 Å². The molecule has 3 N–H and O–H groups in total. The average Bonchev–Trinajstić information content (AvgIpc) is 2.59. The molecule has 1 rings (SSSR count). The van der Waals surface area contributed by atoms with Crippen LogP contribution in [0, 0.1) is 6.92 Å². The molecule has 0 aromatic carbocycles. The van der Waals surface area contributed by atoms with Gasteiger partial charge in [0.25, 0.3) is 0 Å². The molecular formula is C11H22N4O2S. The SMILES string of the molecule is CCC(C)(C)NS(=O)(=O)c1c(CNC)n[nH]c1C. The number of nitrogens with zero attached hydrogens (tertiary/aromatic N) is 1. The summed E-state index contributed by atoms with van der Waals surface area (Å²) in [6.07, 6.45) is 0.713. The van der Waals surface area contributed by atoms with Gasteiger partial charge in [0.1, 0.15) is 4.90 Å². The van der Waals surface area contributed by atoms with Crippen LogP contribution in [0.2, 0.25) is 0 Å². The van der Waals surface area contributed by atoms with Gasteiger partial charge in [-0.2, -0.15) is 5.10 Å². The predicted octanol–water partition coefficient (Wildman–Crippen LogP) is 0.904. The second kappa shape index (κ2) is 5.38. The molecular weight excluding hydrogens is 252 g/mol. The Morgan fingerprint density at radius 2 is 2.00 bits per heavy atom. The second-order valence-electron chi connectivity index (χ2n) is 5.00. The maximum atomic E-state index is 12.4. The van der Waals surface area contributed by atoms with Gasteiger partial charge in [-0.3, -0.25) is 5.10 Å². The molecule has 18 heavy (non-hydrogen) atoms. The van der Waals surface area contributed by atoms with Crippen LogP contribution in [-0.4, -0.2) is 31.2 Å². The first-order valence-electron chi connectivity index (χ1n) is 5.96. The molecule has 0 aliphatic rings. The summed E-state index contributed by atoms with van der Waals surface area (Å²) in [6, 6.07) is 0. The van der Waals surface area contributed by atoms with Crippen molar-refractivity contribution in [1.82, 2.24) is 20.2 Å². The fourth-order valence-electron chi connectivity index (χ4n) is 1.60. The van der Waals surface area contributed by atoms with Crippen molar-refractivity contribution in [3.63, 3.8) is 0 Å². The fourth-order valence-corrected chi connectivity index (χ4v) is 3.45. The summed E-state index contributed by atoms with van der Waals surface area (Å²) in [5, 5.41) is 9.66. The number of hydrogen-bond acceptors (Lipinski definition) is 4. The lowest BCUT2D eigenvalue weighted by atomic mass is 10.0. The normalized spacial score (nSPS) is 12.9. The molecule has 0 aliphatic heterocycles. The van der Waals surface area contributed by atoms with Crippen LogP contribution in [0.3, 0.4) is 0 Å². The van der Waals surface area contributed by atoms with Crippen molar-refractivity contribution in [3.05, 3.63) is 11.4 Å². The standard InChI is InChI=1S/C11H22N4O2S/c1-6-11(3,4)15-18(16,17)10-8(2)13-14-9(10)7-12-5/h12,15H,6-7H2,1-5H3,(H,13,14). The first-order valence-corrected chi connectivity index (χ1v) is 7.44. The molecule has 0 saturated heterocycles. The zero-order valence-electron chi connectivity index (χ0n) is 11.6. The monoisotopic (exact) mass is 274 g/mol. The Morgan fingerprint density at radius 1 is 1.39 bits per heavy atom. The molecule has 0 saturated carbocycles. The third-order valence-electron chi connectivity index (χ3n) is 2.87. The van der Waals surface area contributed by atoms with Crippen LogP contribution in [0.5, 0.6) is 0 Å². The van der Waals surface area contributed by atoms with E-state index < -0.39 is 15.6 Å². The van der Waals surface area contributed by atoms with E-state index in [4.69, 9.17) is 0 Å². The van der Waals surface area contributed by atoms with Crippen LogP contribution < -0.4 is 10.0 Å². The molecule has 104 valence electrons. The van der Waals surface area contributed by atoms with Crippen LogP contribution in [0.25, 0.3) is 0 Å². The van der Waals surface area contributed by atoms with E-state index in [1.807, 2.05) is 20.8 Å². The van der Waals surface area contributed by atoms with Crippen LogP contribution in [0.4, 0.5) is 0 Å². The Bertz CT molecular complexity index is 505. The van der Waals surface area contributed by atoms with Crippen LogP contribution in [0.15, 0.2) is 4.90 Å². The minimum atomic E-state index is -3.55. The van der Waals surface area contributed by atoms with Gasteiger partial charge < -0.3 is 5.32 Å². The van der Waals surface area contributed by atoms with E-state index in [1.165, 1.54) is 0 Å². The van der Waals surface area contributed by atoms with Crippen molar-refractivity contribution in [1.29, 1.82) is 0 Å². The maximum Gasteiger partial charge on any atom is 0.244 e. The highest BCUT2D eigenvalue weighted by Gasteiger charge is 2.29. The van der Waals surface area contributed by atoms with Crippen LogP contribution >= 0.6 is 0 Å². The number of aromatic nitrogens is 2. The molecule has 0 atom stereocenters. The van der Waals surface area contributed by atoms with Gasteiger partial charge in [-0.25, -0.2) is 13.1 Å². The number of nitrogens with one attached hydrogen (secondary N) is 3. The van der Waals surface area contributed by atoms with Crippen molar-refractivity contribution in [2.75, 3.05) is 7.05 Å². The first-order chi connectivity index (χ1) is 8.23. The third-order valence-corrected chi connectivity index (χ3v) is 4.77. The number of H-pyrrole nitrogens is 1. The molecule has 6 nitrogen and oxygen atoms in total. The Labute approximate surface area is 109 Å².